The molecule has 3 heterocycles. The molecule has 11 heteroatoms. The normalized spacial score (nSPS) is 21.1. The van der Waals surface area contributed by atoms with Gasteiger partial charge in [-0.05, 0) is 42.3 Å². The summed E-state index contributed by atoms with van der Waals surface area (Å²) >= 11 is 0. The maximum absolute atomic E-state index is 12.4. The lowest BCUT2D eigenvalue weighted by Gasteiger charge is -2.40. The van der Waals surface area contributed by atoms with Crippen LogP contribution >= 0.6 is 0 Å². The standard InChI is InChI=1S/C28H49N5O4Si2/c1-14-19-23-24(31-26(30-19)32-25(34)18(2)3)33(17-29-23)22-15-20(37-39(12,13)28(7,8)9)21(36-22)16-35-38(10,11)27(4,5)6/h14,17-18,20-22H,1,15-16H2,2-13H3,(H,30,31,32,34)/t20-,21+,22+/m0/s1. The number of aromatic nitrogens is 4. The summed E-state index contributed by atoms with van der Waals surface area (Å²) in [6.07, 6.45) is 3.30. The molecule has 3 rings (SSSR count). The zero-order valence-electron chi connectivity index (χ0n) is 26.0. The van der Waals surface area contributed by atoms with Crippen LogP contribution in [-0.4, -0.2) is 60.9 Å². The molecule has 39 heavy (non-hydrogen) atoms. The number of carbonyl (C=O) groups excluding carboxylic acids is 1. The van der Waals surface area contributed by atoms with Gasteiger partial charge >= 0.3 is 0 Å². The highest BCUT2D eigenvalue weighted by Crippen LogP contribution is 2.43. The molecule has 1 amide bonds. The van der Waals surface area contributed by atoms with Crippen LogP contribution in [0.5, 0.6) is 0 Å². The molecule has 0 radical (unpaired) electrons. The average molecular weight is 576 g/mol. The van der Waals surface area contributed by atoms with Gasteiger partial charge in [0.1, 0.15) is 17.8 Å². The SMILES string of the molecule is C=Cc1nc(NC(=O)C(C)C)nc2c1ncn2[C@H]1C[C@H](O[Si](C)(C)C(C)(C)C)[C@@H](CO[Si](C)(C)C(C)(C)C)O1. The summed E-state index contributed by atoms with van der Waals surface area (Å²) < 4.78 is 22.1. The zero-order chi connectivity index (χ0) is 29.6. The first-order valence-electron chi connectivity index (χ1n) is 13.9. The molecule has 1 aliphatic rings. The van der Waals surface area contributed by atoms with Crippen LogP contribution in [0.2, 0.25) is 36.3 Å². The molecule has 2 aromatic rings. The quantitative estimate of drug-likeness (QED) is 0.330. The van der Waals surface area contributed by atoms with Crippen LogP contribution in [0.25, 0.3) is 17.2 Å². The van der Waals surface area contributed by atoms with Gasteiger partial charge in [0.05, 0.1) is 24.7 Å². The second kappa shape index (κ2) is 11.2. The Morgan fingerprint density at radius 3 is 2.31 bits per heavy atom. The number of ether oxygens (including phenoxy) is 1. The summed E-state index contributed by atoms with van der Waals surface area (Å²) in [4.78, 5) is 26.1. The molecule has 0 saturated carbocycles. The first-order chi connectivity index (χ1) is 17.8. The van der Waals surface area contributed by atoms with Crippen molar-refractivity contribution in [3.8, 4) is 0 Å². The summed E-state index contributed by atoms with van der Waals surface area (Å²) in [5.41, 5.74) is 1.75. The van der Waals surface area contributed by atoms with Gasteiger partial charge in [0.2, 0.25) is 11.9 Å². The molecular weight excluding hydrogens is 527 g/mol. The lowest BCUT2D eigenvalue weighted by atomic mass is 10.2. The lowest BCUT2D eigenvalue weighted by molar-refractivity contribution is -0.118. The van der Waals surface area contributed by atoms with E-state index in [1.54, 1.807) is 12.4 Å². The van der Waals surface area contributed by atoms with E-state index in [9.17, 15) is 4.79 Å². The van der Waals surface area contributed by atoms with Gasteiger partial charge in [0, 0.05) is 12.3 Å². The van der Waals surface area contributed by atoms with Crippen molar-refractivity contribution < 1.29 is 18.4 Å². The Morgan fingerprint density at radius 2 is 1.77 bits per heavy atom. The summed E-state index contributed by atoms with van der Waals surface area (Å²) in [5, 5.41) is 2.96. The van der Waals surface area contributed by atoms with Gasteiger partial charge in [-0.3, -0.25) is 14.7 Å². The molecule has 3 atom stereocenters. The van der Waals surface area contributed by atoms with E-state index >= 15 is 0 Å². The Labute approximate surface area is 236 Å². The Hall–Kier alpha value is -1.93. The van der Waals surface area contributed by atoms with Crippen LogP contribution in [0.15, 0.2) is 12.9 Å². The molecule has 1 fully saturated rings. The van der Waals surface area contributed by atoms with E-state index < -0.39 is 16.6 Å². The Bertz CT molecular complexity index is 1200. The van der Waals surface area contributed by atoms with Crippen molar-refractivity contribution in [1.29, 1.82) is 0 Å². The molecule has 0 bridgehead atoms. The van der Waals surface area contributed by atoms with Gasteiger partial charge in [0.25, 0.3) is 0 Å². The molecule has 1 N–H and O–H groups in total. The van der Waals surface area contributed by atoms with E-state index in [4.69, 9.17) is 13.6 Å². The third-order valence-corrected chi connectivity index (χ3v) is 17.6. The minimum absolute atomic E-state index is 0.0627. The predicted octanol–water partition coefficient (Wildman–Crippen LogP) is 6.76. The highest BCUT2D eigenvalue weighted by atomic mass is 28.4. The second-order valence-corrected chi connectivity index (χ2v) is 23.5. The number of hydrogen-bond acceptors (Lipinski definition) is 7. The smallest absolute Gasteiger partial charge is 0.232 e. The van der Waals surface area contributed by atoms with Crippen molar-refractivity contribution >= 4 is 45.7 Å². The maximum Gasteiger partial charge on any atom is 0.232 e. The molecule has 0 unspecified atom stereocenters. The first kappa shape index (κ1) is 31.6. The van der Waals surface area contributed by atoms with E-state index in [2.05, 4.69) is 94.6 Å². The second-order valence-electron chi connectivity index (χ2n) is 14.0. The number of nitrogens with one attached hydrogen (secondary N) is 1. The number of fused-ring (bicyclic) bond motifs is 1. The van der Waals surface area contributed by atoms with Gasteiger partial charge in [-0.1, -0.05) is 62.0 Å². The summed E-state index contributed by atoms with van der Waals surface area (Å²) in [6, 6.07) is 0. The van der Waals surface area contributed by atoms with E-state index in [1.165, 1.54) is 0 Å². The molecule has 1 aliphatic heterocycles. The number of hydrogen-bond donors (Lipinski definition) is 1. The van der Waals surface area contributed by atoms with E-state index in [0.717, 1.165) is 0 Å². The van der Waals surface area contributed by atoms with Gasteiger partial charge in [-0.15, -0.1) is 0 Å². The highest BCUT2D eigenvalue weighted by Gasteiger charge is 2.47. The van der Waals surface area contributed by atoms with Crippen molar-refractivity contribution in [1.82, 2.24) is 19.5 Å². The van der Waals surface area contributed by atoms with Crippen LogP contribution in [0, 0.1) is 5.92 Å². The van der Waals surface area contributed by atoms with Gasteiger partial charge in [-0.2, -0.15) is 4.98 Å². The van der Waals surface area contributed by atoms with Crippen LogP contribution < -0.4 is 5.32 Å². The van der Waals surface area contributed by atoms with Crippen LogP contribution in [0.4, 0.5) is 5.95 Å². The number of imidazole rings is 1. The van der Waals surface area contributed by atoms with Crippen molar-refractivity contribution in [2.45, 2.75) is 117 Å². The third-order valence-electron chi connectivity index (χ3n) is 8.56. The minimum Gasteiger partial charge on any atom is -0.414 e. The van der Waals surface area contributed by atoms with Crippen LogP contribution in [0.3, 0.4) is 0 Å². The number of rotatable bonds is 9. The molecule has 1 saturated heterocycles. The topological polar surface area (TPSA) is 100 Å². The Morgan fingerprint density at radius 1 is 1.15 bits per heavy atom. The zero-order valence-corrected chi connectivity index (χ0v) is 28.0. The van der Waals surface area contributed by atoms with Crippen LogP contribution in [0.1, 0.15) is 73.7 Å². The molecule has 2 aromatic heterocycles. The third kappa shape index (κ3) is 6.87. The Balaban J connectivity index is 1.97. The van der Waals surface area contributed by atoms with E-state index in [-0.39, 0.29) is 46.3 Å². The summed E-state index contributed by atoms with van der Waals surface area (Å²) in [7, 11) is -4.07. The monoisotopic (exact) mass is 575 g/mol. The minimum atomic E-state index is -2.08. The molecule has 0 aromatic carbocycles. The fourth-order valence-electron chi connectivity index (χ4n) is 3.81. The lowest BCUT2D eigenvalue weighted by Crippen LogP contribution is -2.48. The number of anilines is 1. The molecular formula is C28H49N5O4Si2. The first-order valence-corrected chi connectivity index (χ1v) is 19.7. The molecule has 218 valence electrons. The average Bonchev–Trinajstić information content (AvgIpc) is 3.39. The number of nitrogens with zero attached hydrogens (tertiary/aromatic N) is 4. The molecule has 9 nitrogen and oxygen atoms in total. The van der Waals surface area contributed by atoms with Gasteiger partial charge < -0.3 is 13.6 Å². The number of carbonyl (C=O) groups is 1. The Kier molecular flexibility index (Phi) is 9.04. The van der Waals surface area contributed by atoms with Crippen LogP contribution in [-0.2, 0) is 18.4 Å². The summed E-state index contributed by atoms with van der Waals surface area (Å²) in [6.45, 7) is 30.5. The van der Waals surface area contributed by atoms with E-state index in [0.29, 0.717) is 29.9 Å². The van der Waals surface area contributed by atoms with Crippen molar-refractivity contribution in [3.05, 3.63) is 18.6 Å². The van der Waals surface area contributed by atoms with E-state index in [1.807, 2.05) is 18.4 Å². The fraction of sp³-hybridized carbons (Fsp3) is 0.714. The predicted molar refractivity (Wildman–Crippen MR) is 163 cm³/mol. The number of amides is 1. The fourth-order valence-corrected chi connectivity index (χ4v) is 6.18. The molecule has 0 spiro atoms. The largest absolute Gasteiger partial charge is 0.414 e. The maximum atomic E-state index is 12.4. The molecule has 0 aliphatic carbocycles. The highest BCUT2D eigenvalue weighted by molar-refractivity contribution is 6.74. The van der Waals surface area contributed by atoms with Crippen molar-refractivity contribution in [2.24, 2.45) is 5.92 Å². The van der Waals surface area contributed by atoms with Gasteiger partial charge in [-0.25, -0.2) is 9.97 Å². The van der Waals surface area contributed by atoms with Crippen molar-refractivity contribution in [2.75, 3.05) is 11.9 Å². The van der Waals surface area contributed by atoms with Gasteiger partial charge in [0.15, 0.2) is 22.3 Å². The van der Waals surface area contributed by atoms with Crippen molar-refractivity contribution in [3.63, 3.8) is 0 Å². The summed E-state index contributed by atoms with van der Waals surface area (Å²) in [5.74, 6) is -0.129.